The van der Waals surface area contributed by atoms with Gasteiger partial charge in [0.2, 0.25) is 0 Å². The predicted octanol–water partition coefficient (Wildman–Crippen LogP) is -0.741. The third-order valence-electron chi connectivity index (χ3n) is 0.997. The minimum absolute atomic E-state index is 0.00315. The second kappa shape index (κ2) is 5.20. The smallest absolute Gasteiger partial charge is 0.305 e. The first-order valence-corrected chi connectivity index (χ1v) is 3.24. The van der Waals surface area contributed by atoms with Gasteiger partial charge in [-0.05, 0) is 0 Å². The minimum atomic E-state index is -0.726. The normalized spacial score (nSPS) is 12.7. The van der Waals surface area contributed by atoms with Crippen LogP contribution in [0.4, 0.5) is 0 Å². The molecule has 0 aliphatic carbocycles. The summed E-state index contributed by atoms with van der Waals surface area (Å²) in [6, 6.07) is 0. The van der Waals surface area contributed by atoms with E-state index in [0.29, 0.717) is 6.42 Å². The van der Waals surface area contributed by atoms with Crippen LogP contribution in [0.5, 0.6) is 0 Å². The molecule has 0 aliphatic rings. The van der Waals surface area contributed by atoms with Gasteiger partial charge in [-0.25, -0.2) is 0 Å². The molecule has 60 valence electrons. The van der Waals surface area contributed by atoms with E-state index in [2.05, 4.69) is 4.74 Å². The summed E-state index contributed by atoms with van der Waals surface area (Å²) in [6.45, 7) is 1.82. The lowest BCUT2D eigenvalue weighted by Gasteiger charge is -2.06. The summed E-state index contributed by atoms with van der Waals surface area (Å²) in [7, 11) is 0. The lowest BCUT2D eigenvalue weighted by atomic mass is 10.4. The highest BCUT2D eigenvalue weighted by Gasteiger charge is 2.03. The number of ether oxygens (including phenoxy) is 1. The van der Waals surface area contributed by atoms with Gasteiger partial charge in [0.1, 0.15) is 12.7 Å². The number of aliphatic hydroxyl groups is 1. The summed E-state index contributed by atoms with van der Waals surface area (Å²) in [6.07, 6.45) is -0.396. The van der Waals surface area contributed by atoms with E-state index >= 15 is 0 Å². The Labute approximate surface area is 60.0 Å². The number of carbonyl (C=O) groups is 1. The molecule has 0 saturated carbocycles. The Bertz CT molecular complexity index is 105. The van der Waals surface area contributed by atoms with Crippen molar-refractivity contribution in [3.63, 3.8) is 0 Å². The van der Waals surface area contributed by atoms with Gasteiger partial charge in [0, 0.05) is 13.0 Å². The van der Waals surface area contributed by atoms with Gasteiger partial charge in [-0.1, -0.05) is 6.92 Å². The zero-order valence-corrected chi connectivity index (χ0v) is 6.04. The molecular formula is C6H13NO3. The molecule has 0 aromatic carbocycles. The van der Waals surface area contributed by atoms with Crippen molar-refractivity contribution in [2.75, 3.05) is 13.2 Å². The Kier molecular flexibility index (Phi) is 4.88. The number of rotatable bonds is 4. The van der Waals surface area contributed by atoms with Crippen LogP contribution >= 0.6 is 0 Å². The topological polar surface area (TPSA) is 72.5 Å². The SMILES string of the molecule is CCC(=O)OCC(O)CN. The van der Waals surface area contributed by atoms with Crippen molar-refractivity contribution in [1.29, 1.82) is 0 Å². The van der Waals surface area contributed by atoms with Gasteiger partial charge in [0.05, 0.1) is 0 Å². The molecule has 4 nitrogen and oxygen atoms in total. The second-order valence-electron chi connectivity index (χ2n) is 1.93. The monoisotopic (exact) mass is 147 g/mol. The summed E-state index contributed by atoms with van der Waals surface area (Å²) in [4.78, 5) is 10.5. The first kappa shape index (κ1) is 9.39. The number of esters is 1. The molecule has 0 radical (unpaired) electrons. The van der Waals surface area contributed by atoms with Crippen LogP contribution in [0, 0.1) is 0 Å². The van der Waals surface area contributed by atoms with E-state index in [1.165, 1.54) is 0 Å². The standard InChI is InChI=1S/C6H13NO3/c1-2-6(9)10-4-5(8)3-7/h5,8H,2-4,7H2,1H3. The van der Waals surface area contributed by atoms with Crippen LogP contribution in [0.1, 0.15) is 13.3 Å². The van der Waals surface area contributed by atoms with Gasteiger partial charge >= 0.3 is 5.97 Å². The molecule has 1 unspecified atom stereocenters. The molecule has 0 rings (SSSR count). The maximum atomic E-state index is 10.5. The van der Waals surface area contributed by atoms with E-state index in [4.69, 9.17) is 10.8 Å². The van der Waals surface area contributed by atoms with Crippen LogP contribution in [-0.2, 0) is 9.53 Å². The summed E-state index contributed by atoms with van der Waals surface area (Å²) >= 11 is 0. The zero-order chi connectivity index (χ0) is 7.98. The molecule has 3 N–H and O–H groups in total. The lowest BCUT2D eigenvalue weighted by molar-refractivity contribution is -0.146. The summed E-state index contributed by atoms with van der Waals surface area (Å²) in [5.74, 6) is -0.312. The Hall–Kier alpha value is -0.610. The Morgan fingerprint density at radius 1 is 1.80 bits per heavy atom. The highest BCUT2D eigenvalue weighted by molar-refractivity contribution is 5.68. The average molecular weight is 147 g/mol. The molecule has 0 heterocycles. The van der Waals surface area contributed by atoms with E-state index in [1.807, 2.05) is 0 Å². The van der Waals surface area contributed by atoms with Gasteiger partial charge in [0.15, 0.2) is 0 Å². The third kappa shape index (κ3) is 4.29. The van der Waals surface area contributed by atoms with Crippen LogP contribution in [0.15, 0.2) is 0 Å². The van der Waals surface area contributed by atoms with E-state index in [0.717, 1.165) is 0 Å². The molecule has 0 bridgehead atoms. The van der Waals surface area contributed by atoms with Crippen molar-refractivity contribution in [1.82, 2.24) is 0 Å². The van der Waals surface area contributed by atoms with Crippen LogP contribution in [0.3, 0.4) is 0 Å². The fourth-order valence-corrected chi connectivity index (χ4v) is 0.359. The number of hydrogen-bond acceptors (Lipinski definition) is 4. The molecule has 0 aromatic heterocycles. The number of hydrogen-bond donors (Lipinski definition) is 2. The molecule has 0 spiro atoms. The van der Waals surface area contributed by atoms with E-state index < -0.39 is 6.10 Å². The van der Waals surface area contributed by atoms with Gasteiger partial charge < -0.3 is 15.6 Å². The van der Waals surface area contributed by atoms with Crippen LogP contribution in [0.25, 0.3) is 0 Å². The van der Waals surface area contributed by atoms with Crippen molar-refractivity contribution in [2.45, 2.75) is 19.4 Å². The van der Waals surface area contributed by atoms with Crippen molar-refractivity contribution < 1.29 is 14.6 Å². The van der Waals surface area contributed by atoms with Crippen LogP contribution in [0.2, 0.25) is 0 Å². The molecule has 0 aromatic rings. The molecular weight excluding hydrogens is 134 g/mol. The molecule has 0 fully saturated rings. The fourth-order valence-electron chi connectivity index (χ4n) is 0.359. The van der Waals surface area contributed by atoms with E-state index in [9.17, 15) is 4.79 Å². The summed E-state index contributed by atoms with van der Waals surface area (Å²) < 4.78 is 4.57. The van der Waals surface area contributed by atoms with Crippen molar-refractivity contribution in [2.24, 2.45) is 5.73 Å². The molecule has 4 heteroatoms. The van der Waals surface area contributed by atoms with E-state index in [1.54, 1.807) is 6.92 Å². The lowest BCUT2D eigenvalue weighted by Crippen LogP contribution is -2.26. The van der Waals surface area contributed by atoms with Crippen LogP contribution in [-0.4, -0.2) is 30.3 Å². The Morgan fingerprint density at radius 3 is 2.80 bits per heavy atom. The maximum Gasteiger partial charge on any atom is 0.305 e. The summed E-state index contributed by atoms with van der Waals surface area (Å²) in [5, 5.41) is 8.80. The van der Waals surface area contributed by atoms with Crippen molar-refractivity contribution >= 4 is 5.97 Å². The first-order valence-electron chi connectivity index (χ1n) is 3.24. The van der Waals surface area contributed by atoms with Crippen molar-refractivity contribution in [3.05, 3.63) is 0 Å². The van der Waals surface area contributed by atoms with Gasteiger partial charge in [-0.15, -0.1) is 0 Å². The molecule has 0 amide bonds. The number of nitrogens with two attached hydrogens (primary N) is 1. The predicted molar refractivity (Wildman–Crippen MR) is 36.3 cm³/mol. The highest BCUT2D eigenvalue weighted by atomic mass is 16.5. The van der Waals surface area contributed by atoms with Gasteiger partial charge in [-0.2, -0.15) is 0 Å². The first-order chi connectivity index (χ1) is 4.70. The molecule has 10 heavy (non-hydrogen) atoms. The quantitative estimate of drug-likeness (QED) is 0.514. The van der Waals surface area contributed by atoms with Crippen LogP contribution < -0.4 is 5.73 Å². The average Bonchev–Trinajstić information content (AvgIpc) is 1.99. The highest BCUT2D eigenvalue weighted by Crippen LogP contribution is 1.86. The zero-order valence-electron chi connectivity index (χ0n) is 6.04. The Balaban J connectivity index is 3.26. The number of aliphatic hydroxyl groups excluding tert-OH is 1. The maximum absolute atomic E-state index is 10.5. The summed E-state index contributed by atoms with van der Waals surface area (Å²) in [5.41, 5.74) is 5.06. The molecule has 0 aliphatic heterocycles. The largest absolute Gasteiger partial charge is 0.463 e. The minimum Gasteiger partial charge on any atom is -0.463 e. The van der Waals surface area contributed by atoms with E-state index in [-0.39, 0.29) is 19.1 Å². The fraction of sp³-hybridized carbons (Fsp3) is 0.833. The van der Waals surface area contributed by atoms with Gasteiger partial charge in [0.25, 0.3) is 0 Å². The van der Waals surface area contributed by atoms with Gasteiger partial charge in [-0.3, -0.25) is 4.79 Å². The second-order valence-corrected chi connectivity index (χ2v) is 1.93. The van der Waals surface area contributed by atoms with Crippen molar-refractivity contribution in [3.8, 4) is 0 Å². The molecule has 1 atom stereocenters. The third-order valence-corrected chi connectivity index (χ3v) is 0.997. The number of carbonyl (C=O) groups excluding carboxylic acids is 1. The Morgan fingerprint density at radius 2 is 2.40 bits per heavy atom. The molecule has 0 saturated heterocycles.